The van der Waals surface area contributed by atoms with E-state index in [4.69, 9.17) is 12.3 Å². The minimum Gasteiger partial charge on any atom is -0.364 e. The van der Waals surface area contributed by atoms with Crippen LogP contribution in [0.4, 0.5) is 35.0 Å². The maximum atomic E-state index is 13.7. The molecule has 4 unspecified atom stereocenters. The monoisotopic (exact) mass is 862 g/mol. The maximum absolute atomic E-state index is 13.7. The Kier molecular flexibility index (Phi) is 10.8. The van der Waals surface area contributed by atoms with Gasteiger partial charge in [-0.05, 0) is 86.8 Å². The summed E-state index contributed by atoms with van der Waals surface area (Å²) in [5, 5.41) is 11.2. The summed E-state index contributed by atoms with van der Waals surface area (Å²) in [6.07, 6.45) is 13.0. The second-order valence-electron chi connectivity index (χ2n) is 17.0. The first kappa shape index (κ1) is 41.5. The second-order valence-corrected chi connectivity index (χ2v) is 17.0. The number of hydrogen-bond acceptors (Lipinski definition) is 11. The summed E-state index contributed by atoms with van der Waals surface area (Å²) in [6, 6.07) is 8.93. The summed E-state index contributed by atoms with van der Waals surface area (Å²) in [5.41, 5.74) is 5.96. The van der Waals surface area contributed by atoms with Gasteiger partial charge in [0.1, 0.15) is 46.9 Å². The lowest BCUT2D eigenvalue weighted by molar-refractivity contribution is -0.139. The van der Waals surface area contributed by atoms with Gasteiger partial charge in [0.25, 0.3) is 11.7 Å². The first-order valence-corrected chi connectivity index (χ1v) is 20.8. The average Bonchev–Trinajstić information content (AvgIpc) is 4.06. The third-order valence-corrected chi connectivity index (χ3v) is 13.0. The van der Waals surface area contributed by atoms with Crippen LogP contribution in [0.5, 0.6) is 0 Å². The van der Waals surface area contributed by atoms with Crippen LogP contribution in [-0.4, -0.2) is 84.3 Å². The molecule has 2 spiro atoms. The van der Waals surface area contributed by atoms with Crippen LogP contribution < -0.4 is 15.5 Å². The van der Waals surface area contributed by atoms with Gasteiger partial charge in [-0.3, -0.25) is 14.4 Å². The van der Waals surface area contributed by atoms with E-state index < -0.39 is 41.3 Å². The second kappa shape index (κ2) is 16.5. The Labute approximate surface area is 359 Å². The van der Waals surface area contributed by atoms with Gasteiger partial charge in [-0.25, -0.2) is 37.5 Å². The first-order valence-electron chi connectivity index (χ1n) is 20.8. The van der Waals surface area contributed by atoms with Crippen LogP contribution in [0.2, 0.25) is 0 Å². The predicted molar refractivity (Wildman–Crippen MR) is 221 cm³/mol. The van der Waals surface area contributed by atoms with Gasteiger partial charge in [0, 0.05) is 85.5 Å². The van der Waals surface area contributed by atoms with Crippen LogP contribution >= 0.6 is 0 Å². The maximum Gasteiger partial charge on any atom is 0.274 e. The Bertz CT molecular complexity index is 2540. The highest BCUT2D eigenvalue weighted by molar-refractivity contribution is 5.91. The topological polar surface area (TPSA) is 171 Å². The molecule has 4 aliphatic heterocycles. The SMILES string of the molecule is NC(=O)c1cc(N2CCC(C(=O)N3N=CCC3c3cc(F)cc(F)c3)CC23CC3)ncn1.[C-]#[N+]c1cc(N2CCC(C(=O)N3N=CCC3c3cc(F)cc(F)c3)CC23CC3)ncn1. The zero-order valence-electron chi connectivity index (χ0n) is 34.0. The lowest BCUT2D eigenvalue weighted by atomic mass is 9.87. The number of primary amides is 1. The summed E-state index contributed by atoms with van der Waals surface area (Å²) in [5.74, 6) is -2.38. The van der Waals surface area contributed by atoms with Gasteiger partial charge in [0.05, 0.1) is 12.1 Å². The molecule has 2 saturated heterocycles. The van der Waals surface area contributed by atoms with Crippen LogP contribution in [-0.2, 0) is 9.59 Å². The molecule has 2 saturated carbocycles. The highest BCUT2D eigenvalue weighted by Gasteiger charge is 2.55. The molecule has 4 fully saturated rings. The third-order valence-electron chi connectivity index (χ3n) is 13.0. The molecule has 0 bridgehead atoms. The summed E-state index contributed by atoms with van der Waals surface area (Å²) >= 11 is 0. The van der Waals surface area contributed by atoms with E-state index in [1.165, 1.54) is 46.9 Å². The Morgan fingerprint density at radius 2 is 1.08 bits per heavy atom. The zero-order valence-corrected chi connectivity index (χ0v) is 34.0. The van der Waals surface area contributed by atoms with Crippen molar-refractivity contribution in [3.05, 3.63) is 113 Å². The lowest BCUT2D eigenvalue weighted by Crippen LogP contribution is -2.49. The normalized spacial score (nSPS) is 23.7. The van der Waals surface area contributed by atoms with Gasteiger partial charge in [-0.2, -0.15) is 15.2 Å². The summed E-state index contributed by atoms with van der Waals surface area (Å²) < 4.78 is 54.9. The molecular weight excluding hydrogens is 821 g/mol. The number of carbonyl (C=O) groups excluding carboxylic acids is 3. The van der Waals surface area contributed by atoms with Crippen LogP contribution in [0.3, 0.4) is 0 Å². The summed E-state index contributed by atoms with van der Waals surface area (Å²) in [6.45, 7) is 8.40. The molecule has 10 rings (SSSR count). The van der Waals surface area contributed by atoms with Crippen LogP contribution in [0.25, 0.3) is 4.85 Å². The van der Waals surface area contributed by atoms with E-state index in [9.17, 15) is 31.9 Å². The molecule has 2 aromatic carbocycles. The van der Waals surface area contributed by atoms with Crippen molar-refractivity contribution in [3.63, 3.8) is 0 Å². The molecule has 0 radical (unpaired) electrons. The van der Waals surface area contributed by atoms with E-state index in [0.29, 0.717) is 74.4 Å². The number of anilines is 2. The van der Waals surface area contributed by atoms with Crippen molar-refractivity contribution in [1.29, 1.82) is 0 Å². The number of hydrazone groups is 2. The number of rotatable bonds is 7. The minimum atomic E-state index is -0.676. The molecule has 4 atom stereocenters. The molecule has 324 valence electrons. The highest BCUT2D eigenvalue weighted by Crippen LogP contribution is 2.53. The molecule has 3 amide bonds. The van der Waals surface area contributed by atoms with Gasteiger partial charge < -0.3 is 20.4 Å². The Balaban J connectivity index is 0.000000160. The number of aromatic nitrogens is 4. The van der Waals surface area contributed by atoms with Crippen molar-refractivity contribution in [1.82, 2.24) is 30.0 Å². The van der Waals surface area contributed by atoms with Crippen molar-refractivity contribution < 1.29 is 31.9 Å². The quantitative estimate of drug-likeness (QED) is 0.159. The summed E-state index contributed by atoms with van der Waals surface area (Å²) in [4.78, 5) is 62.4. The van der Waals surface area contributed by atoms with E-state index >= 15 is 0 Å². The fraction of sp³-hybridized carbons (Fsp3) is 0.409. The van der Waals surface area contributed by atoms with Crippen LogP contribution in [0.1, 0.15) is 97.9 Å². The number of halogens is 4. The van der Waals surface area contributed by atoms with E-state index in [1.807, 2.05) is 0 Å². The minimum absolute atomic E-state index is 0.112. The van der Waals surface area contributed by atoms with Gasteiger partial charge >= 0.3 is 0 Å². The molecule has 6 heterocycles. The molecule has 2 aliphatic carbocycles. The number of piperidine rings is 2. The molecule has 6 aliphatic rings. The Morgan fingerprint density at radius 3 is 1.51 bits per heavy atom. The predicted octanol–water partition coefficient (Wildman–Crippen LogP) is 6.58. The molecule has 2 N–H and O–H groups in total. The largest absolute Gasteiger partial charge is 0.364 e. The smallest absolute Gasteiger partial charge is 0.274 e. The zero-order chi connectivity index (χ0) is 44.0. The number of amides is 3. The number of hydrogen-bond donors (Lipinski definition) is 1. The van der Waals surface area contributed by atoms with Crippen molar-refractivity contribution in [3.8, 4) is 0 Å². The highest BCUT2D eigenvalue weighted by atomic mass is 19.1. The van der Waals surface area contributed by atoms with Gasteiger partial charge in [0.15, 0.2) is 0 Å². The van der Waals surface area contributed by atoms with Crippen molar-refractivity contribution in [2.24, 2.45) is 27.8 Å². The lowest BCUT2D eigenvalue weighted by Gasteiger charge is -2.41. The van der Waals surface area contributed by atoms with Gasteiger partial charge in [-0.15, -0.1) is 4.98 Å². The molecule has 63 heavy (non-hydrogen) atoms. The van der Waals surface area contributed by atoms with E-state index in [1.54, 1.807) is 24.6 Å². The molecular formula is C44H42F4N12O3. The molecule has 19 heteroatoms. The average molecular weight is 863 g/mol. The molecule has 4 aromatic rings. The third kappa shape index (κ3) is 8.29. The van der Waals surface area contributed by atoms with Crippen molar-refractivity contribution >= 4 is 47.6 Å². The van der Waals surface area contributed by atoms with Crippen molar-refractivity contribution in [2.45, 2.75) is 87.4 Å². The van der Waals surface area contributed by atoms with Crippen molar-refractivity contribution in [2.75, 3.05) is 22.9 Å². The van der Waals surface area contributed by atoms with Crippen LogP contribution in [0.15, 0.2) is 71.4 Å². The number of carbonyl (C=O) groups is 3. The first-order chi connectivity index (χ1) is 30.3. The number of benzene rings is 2. The van der Waals surface area contributed by atoms with E-state index in [0.717, 1.165) is 43.6 Å². The Hall–Kier alpha value is -6.84. The van der Waals surface area contributed by atoms with Gasteiger partial charge in [-0.1, -0.05) is 6.57 Å². The van der Waals surface area contributed by atoms with Gasteiger partial charge in [0.2, 0.25) is 18.1 Å². The fourth-order valence-corrected chi connectivity index (χ4v) is 9.65. The summed E-state index contributed by atoms with van der Waals surface area (Å²) in [7, 11) is 0. The molecule has 15 nitrogen and oxygen atoms in total. The number of nitrogens with zero attached hydrogens (tertiary/aromatic N) is 11. The standard InChI is InChI=1S/C22H22F2N6O2.C22H20F2N6O/c23-15-7-14(8-16(24)9-15)18-1-5-28-30(18)21(32)13-2-6-29(22(11-13)3-4-22)19-10-17(20(25)31)26-12-27-19;1-25-19-11-20(27-13-26-19)29-7-3-14(12-22(29)4-5-22)21(31)30-18(2-6-28-30)15-8-16(23)10-17(24)9-15/h5,7-10,12-13,18H,1-4,6,11H2,(H2,25,31);6,8-11,13-14,18H,2-5,7,12H2. The number of nitrogens with two attached hydrogens (primary N) is 1. The fourth-order valence-electron chi connectivity index (χ4n) is 9.65. The van der Waals surface area contributed by atoms with E-state index in [2.05, 4.69) is 44.8 Å². The van der Waals surface area contributed by atoms with E-state index in [-0.39, 0.29) is 40.4 Å². The molecule has 2 aromatic heterocycles. The Morgan fingerprint density at radius 1 is 0.635 bits per heavy atom. The van der Waals surface area contributed by atoms with Crippen LogP contribution in [0, 0.1) is 41.7 Å².